The van der Waals surface area contributed by atoms with Crippen LogP contribution in [-0.2, 0) is 10.0 Å². The van der Waals surface area contributed by atoms with Crippen LogP contribution in [0.3, 0.4) is 0 Å². The molecule has 1 aliphatic heterocycles. The molecule has 5 nitrogen and oxygen atoms in total. The highest BCUT2D eigenvalue weighted by molar-refractivity contribution is 7.92. The zero-order chi connectivity index (χ0) is 19.6. The summed E-state index contributed by atoms with van der Waals surface area (Å²) >= 11 is 0. The zero-order valence-electron chi connectivity index (χ0n) is 15.6. The average Bonchev–Trinajstić information content (AvgIpc) is 2.91. The number of benzene rings is 3. The summed E-state index contributed by atoms with van der Waals surface area (Å²) in [5.41, 5.74) is 4.88. The Kier molecular flexibility index (Phi) is 4.96. The lowest BCUT2D eigenvalue weighted by Gasteiger charge is -2.18. The highest BCUT2D eigenvalue weighted by atomic mass is 32.2. The van der Waals surface area contributed by atoms with Crippen molar-refractivity contribution < 1.29 is 8.42 Å². The molecule has 0 aliphatic carbocycles. The molecule has 0 amide bonds. The first kappa shape index (κ1) is 18.4. The maximum Gasteiger partial charge on any atom is 0.261 e. The van der Waals surface area contributed by atoms with Gasteiger partial charge in [-0.25, -0.2) is 8.42 Å². The van der Waals surface area contributed by atoms with Gasteiger partial charge in [-0.15, -0.1) is 0 Å². The van der Waals surface area contributed by atoms with E-state index in [1.54, 1.807) is 24.3 Å². The van der Waals surface area contributed by atoms with E-state index in [1.165, 1.54) is 0 Å². The van der Waals surface area contributed by atoms with Crippen molar-refractivity contribution in [3.63, 3.8) is 0 Å². The number of hydrogen-bond donors (Lipinski definition) is 3. The van der Waals surface area contributed by atoms with Crippen molar-refractivity contribution in [2.75, 3.05) is 21.9 Å². The van der Waals surface area contributed by atoms with E-state index in [0.717, 1.165) is 35.5 Å². The van der Waals surface area contributed by atoms with Crippen molar-refractivity contribution in [2.45, 2.75) is 24.3 Å². The molecule has 144 valence electrons. The summed E-state index contributed by atoms with van der Waals surface area (Å²) in [6.07, 6.45) is 0.934. The van der Waals surface area contributed by atoms with Gasteiger partial charge in [-0.3, -0.25) is 4.72 Å². The minimum absolute atomic E-state index is 0.166. The molecule has 0 aromatic heterocycles. The van der Waals surface area contributed by atoms with Crippen molar-refractivity contribution in [3.05, 3.63) is 83.9 Å². The van der Waals surface area contributed by atoms with Gasteiger partial charge in [0, 0.05) is 12.2 Å². The highest BCUT2D eigenvalue weighted by Crippen LogP contribution is 2.31. The van der Waals surface area contributed by atoms with E-state index in [1.807, 2.05) is 43.3 Å². The molecule has 0 bridgehead atoms. The van der Waals surface area contributed by atoms with Gasteiger partial charge in [0.15, 0.2) is 0 Å². The first-order chi connectivity index (χ1) is 13.5. The van der Waals surface area contributed by atoms with Crippen LogP contribution in [0.5, 0.6) is 0 Å². The first-order valence-electron chi connectivity index (χ1n) is 9.30. The number of sulfonamides is 1. The van der Waals surface area contributed by atoms with Gasteiger partial charge >= 0.3 is 0 Å². The second kappa shape index (κ2) is 7.56. The number of fused-ring (bicyclic) bond motifs is 1. The maximum atomic E-state index is 12.6. The third-order valence-corrected chi connectivity index (χ3v) is 6.30. The van der Waals surface area contributed by atoms with E-state index in [-0.39, 0.29) is 10.9 Å². The van der Waals surface area contributed by atoms with Gasteiger partial charge in [0.1, 0.15) is 0 Å². The van der Waals surface area contributed by atoms with E-state index < -0.39 is 10.0 Å². The Hall–Kier alpha value is -2.99. The second-order valence-corrected chi connectivity index (χ2v) is 8.68. The summed E-state index contributed by atoms with van der Waals surface area (Å²) in [6, 6.07) is 22.7. The monoisotopic (exact) mass is 393 g/mol. The summed E-state index contributed by atoms with van der Waals surface area (Å²) in [7, 11) is -3.59. The summed E-state index contributed by atoms with van der Waals surface area (Å²) in [5.74, 6) is 0. The van der Waals surface area contributed by atoms with Crippen LogP contribution in [0.15, 0.2) is 77.7 Å². The van der Waals surface area contributed by atoms with Crippen LogP contribution in [0.2, 0.25) is 0 Å². The molecule has 0 saturated carbocycles. The van der Waals surface area contributed by atoms with Crippen molar-refractivity contribution in [3.8, 4) is 0 Å². The molecule has 3 aromatic rings. The summed E-state index contributed by atoms with van der Waals surface area (Å²) in [5, 5.41) is 7.01. The molecule has 0 spiro atoms. The van der Waals surface area contributed by atoms with Crippen LogP contribution in [0, 0.1) is 6.92 Å². The molecule has 6 heteroatoms. The normalized spacial score (nSPS) is 16.2. The molecule has 1 unspecified atom stereocenters. The molecule has 0 fully saturated rings. The van der Waals surface area contributed by atoms with Crippen molar-refractivity contribution in [2.24, 2.45) is 0 Å². The minimum atomic E-state index is -3.59. The highest BCUT2D eigenvalue weighted by Gasteiger charge is 2.18. The number of rotatable bonds is 4. The summed E-state index contributed by atoms with van der Waals surface area (Å²) in [4.78, 5) is 0.260. The van der Waals surface area contributed by atoms with Crippen molar-refractivity contribution >= 4 is 27.1 Å². The lowest BCUT2D eigenvalue weighted by atomic mass is 10.0. The molecular weight excluding hydrogens is 370 g/mol. The van der Waals surface area contributed by atoms with Crippen molar-refractivity contribution in [1.29, 1.82) is 0 Å². The van der Waals surface area contributed by atoms with E-state index in [9.17, 15) is 8.42 Å². The molecule has 1 aliphatic rings. The standard InChI is InChI=1S/C22H23N3O2S/c1-16-6-12-19(13-7-16)28(26,27)25-18-10-8-17(9-11-18)20-14-15-23-21-4-2-3-5-22(21)24-20/h2-13,20,23-25H,14-15H2,1H3. The fourth-order valence-corrected chi connectivity index (χ4v) is 4.40. The van der Waals surface area contributed by atoms with E-state index in [4.69, 9.17) is 0 Å². The fourth-order valence-electron chi connectivity index (χ4n) is 3.34. The van der Waals surface area contributed by atoms with Crippen LogP contribution in [0.1, 0.15) is 23.6 Å². The van der Waals surface area contributed by atoms with Gasteiger partial charge in [0.2, 0.25) is 0 Å². The van der Waals surface area contributed by atoms with Crippen LogP contribution in [0.25, 0.3) is 0 Å². The van der Waals surface area contributed by atoms with Gasteiger partial charge in [0.25, 0.3) is 10.0 Å². The SMILES string of the molecule is Cc1ccc(S(=O)(=O)Nc2ccc(C3CCNc4ccccc4N3)cc2)cc1. The third kappa shape index (κ3) is 3.97. The minimum Gasteiger partial charge on any atom is -0.383 e. The Morgan fingerprint density at radius 1 is 0.893 bits per heavy atom. The van der Waals surface area contributed by atoms with E-state index >= 15 is 0 Å². The second-order valence-electron chi connectivity index (χ2n) is 7.00. The summed E-state index contributed by atoms with van der Waals surface area (Å²) < 4.78 is 27.8. The molecule has 1 heterocycles. The van der Waals surface area contributed by atoms with E-state index in [0.29, 0.717) is 5.69 Å². The number of aryl methyl sites for hydroxylation is 1. The quantitative estimate of drug-likeness (QED) is 0.597. The van der Waals surface area contributed by atoms with Gasteiger partial charge in [-0.05, 0) is 55.3 Å². The Morgan fingerprint density at radius 2 is 1.57 bits per heavy atom. The molecule has 1 atom stereocenters. The molecule has 0 radical (unpaired) electrons. The molecule has 28 heavy (non-hydrogen) atoms. The van der Waals surface area contributed by atoms with Crippen LogP contribution < -0.4 is 15.4 Å². The third-order valence-electron chi connectivity index (χ3n) is 4.90. The topological polar surface area (TPSA) is 70.2 Å². The first-order valence-corrected chi connectivity index (χ1v) is 10.8. The number of hydrogen-bond acceptors (Lipinski definition) is 4. The maximum absolute atomic E-state index is 12.6. The predicted octanol–water partition coefficient (Wildman–Crippen LogP) is 4.76. The van der Waals surface area contributed by atoms with Crippen LogP contribution in [0.4, 0.5) is 17.1 Å². The lowest BCUT2D eigenvalue weighted by molar-refractivity contribution is 0.601. The molecular formula is C22H23N3O2S. The number of anilines is 3. The Morgan fingerprint density at radius 3 is 2.29 bits per heavy atom. The molecule has 3 aromatic carbocycles. The van der Waals surface area contributed by atoms with Gasteiger partial charge < -0.3 is 10.6 Å². The van der Waals surface area contributed by atoms with Gasteiger partial charge in [-0.2, -0.15) is 0 Å². The zero-order valence-corrected chi connectivity index (χ0v) is 16.5. The Labute approximate surface area is 165 Å². The summed E-state index contributed by atoms with van der Waals surface area (Å²) in [6.45, 7) is 2.80. The predicted molar refractivity (Wildman–Crippen MR) is 114 cm³/mol. The molecule has 4 rings (SSSR count). The number of nitrogens with one attached hydrogen (secondary N) is 3. The van der Waals surface area contributed by atoms with Crippen molar-refractivity contribution in [1.82, 2.24) is 0 Å². The Balaban J connectivity index is 1.50. The van der Waals surface area contributed by atoms with Crippen LogP contribution in [-0.4, -0.2) is 15.0 Å². The van der Waals surface area contributed by atoms with Gasteiger partial charge in [0.05, 0.1) is 22.3 Å². The molecule has 0 saturated heterocycles. The number of para-hydroxylation sites is 2. The Bertz CT molecular complexity index is 1060. The lowest BCUT2D eigenvalue weighted by Crippen LogP contribution is -2.14. The fraction of sp³-hybridized carbons (Fsp3) is 0.182. The smallest absolute Gasteiger partial charge is 0.261 e. The van der Waals surface area contributed by atoms with Gasteiger partial charge in [-0.1, -0.05) is 42.0 Å². The largest absolute Gasteiger partial charge is 0.383 e. The molecule has 3 N–H and O–H groups in total. The van der Waals surface area contributed by atoms with E-state index in [2.05, 4.69) is 27.5 Å². The van der Waals surface area contributed by atoms with Crippen LogP contribution >= 0.6 is 0 Å². The average molecular weight is 394 g/mol.